The van der Waals surface area contributed by atoms with E-state index in [9.17, 15) is 38.4 Å². The van der Waals surface area contributed by atoms with Gasteiger partial charge >= 0.3 is 35.8 Å². The first-order valence-electron chi connectivity index (χ1n) is 30.8. The number of hydrogen-bond donors (Lipinski definition) is 1. The number of esters is 6. The van der Waals surface area contributed by atoms with Crippen LogP contribution in [0.1, 0.15) is 134 Å². The van der Waals surface area contributed by atoms with Crippen LogP contribution in [0.4, 0.5) is 0 Å². The van der Waals surface area contributed by atoms with Gasteiger partial charge in [0.05, 0.1) is 60.2 Å². The molecule has 4 aliphatic heterocycles. The molecule has 494 valence electrons. The first-order valence-corrected chi connectivity index (χ1v) is 32.4. The van der Waals surface area contributed by atoms with Crippen LogP contribution in [0.5, 0.6) is 0 Å². The Hall–Kier alpha value is -8.22. The van der Waals surface area contributed by atoms with Gasteiger partial charge in [0.15, 0.2) is 0 Å². The molecule has 12 rings (SSSR count). The van der Waals surface area contributed by atoms with Crippen LogP contribution in [-0.4, -0.2) is 133 Å². The number of ether oxygens (including phenoxy) is 6. The van der Waals surface area contributed by atoms with E-state index in [1.165, 1.54) is 21.3 Å². The molecule has 0 N–H and O–H groups in total. The van der Waals surface area contributed by atoms with Gasteiger partial charge in [-0.15, -0.1) is 11.8 Å². The Kier molecular flexibility index (Phi) is 26.1. The predicted octanol–water partition coefficient (Wildman–Crippen LogP) is 12.9. The van der Waals surface area contributed by atoms with Crippen LogP contribution < -0.4 is 0 Å². The smallest absolute Gasteiger partial charge is 0.338 e. The molecular weight excluding hydrogens is 1220 g/mol. The summed E-state index contributed by atoms with van der Waals surface area (Å²) in [6.45, 7) is 0. The monoisotopic (exact) mass is 1300 g/mol. The van der Waals surface area contributed by atoms with Crippen molar-refractivity contribution in [3.63, 3.8) is 0 Å². The Morgan fingerprint density at radius 3 is 1.11 bits per heavy atom. The normalized spacial score (nSPS) is 24.3. The number of carbonyl (C=O) groups excluding carboxylic acids is 8. The highest BCUT2D eigenvalue weighted by molar-refractivity contribution is 8.01. The van der Waals surface area contributed by atoms with Crippen molar-refractivity contribution in [2.75, 3.05) is 32.8 Å². The Morgan fingerprint density at radius 1 is 0.419 bits per heavy atom. The van der Waals surface area contributed by atoms with E-state index < -0.39 is 58.7 Å². The highest BCUT2D eigenvalue weighted by atomic mass is 32.2. The molecule has 6 aliphatic rings. The zero-order valence-electron chi connectivity index (χ0n) is 50.7. The maximum absolute atomic E-state index is 14.3. The first-order chi connectivity index (χ1) is 43.8. The summed E-state index contributed by atoms with van der Waals surface area (Å²) in [5.41, 5.74) is 4.63. The van der Waals surface area contributed by atoms with Gasteiger partial charge in [-0.2, -0.15) is 12.6 Å². The second kappa shape index (κ2) is 33.6. The second-order valence-electron chi connectivity index (χ2n) is 23.6. The molecule has 6 bridgehead atoms. The molecule has 0 aromatic heterocycles. The van der Waals surface area contributed by atoms with E-state index >= 15 is 0 Å². The molecule has 2 amide bonds. The van der Waals surface area contributed by atoms with Crippen LogP contribution in [0, 0.1) is 29.6 Å². The number of fused-ring (bicyclic) bond motifs is 6. The minimum Gasteiger partial charge on any atom is -0.469 e. The minimum atomic E-state index is -0.748. The van der Waals surface area contributed by atoms with Gasteiger partial charge in [0.1, 0.15) is 30.1 Å². The molecular formula is C75H88N2O14S2. The Balaban J connectivity index is 0.000000212. The van der Waals surface area contributed by atoms with E-state index in [0.717, 1.165) is 55.2 Å². The van der Waals surface area contributed by atoms with Crippen molar-refractivity contribution >= 4 is 72.0 Å². The number of thiol groups is 1. The largest absolute Gasteiger partial charge is 0.469 e. The molecule has 12 atom stereocenters. The summed E-state index contributed by atoms with van der Waals surface area (Å²) >= 11 is 5.67. The second-order valence-corrected chi connectivity index (χ2v) is 25.2. The number of piperidine rings is 2. The number of carbonyl (C=O) groups is 8. The third-order valence-electron chi connectivity index (χ3n) is 18.7. The lowest BCUT2D eigenvalue weighted by molar-refractivity contribution is -0.161. The lowest BCUT2D eigenvalue weighted by atomic mass is 9.77. The molecule has 16 nitrogen and oxygen atoms in total. The van der Waals surface area contributed by atoms with Crippen molar-refractivity contribution in [2.24, 2.45) is 29.6 Å². The number of thioether (sulfide) groups is 1. The van der Waals surface area contributed by atoms with Crippen molar-refractivity contribution in [3.8, 4) is 0 Å². The van der Waals surface area contributed by atoms with Crippen LogP contribution in [0.15, 0.2) is 182 Å². The maximum Gasteiger partial charge on any atom is 0.338 e. The molecule has 4 saturated heterocycles. The highest BCUT2D eigenvalue weighted by Gasteiger charge is 2.56. The number of hydrogen-bond acceptors (Lipinski definition) is 16. The van der Waals surface area contributed by atoms with E-state index in [4.69, 9.17) is 28.4 Å². The number of amides is 2. The number of methoxy groups -OCH3 is 3. The first kappa shape index (κ1) is 72.2. The van der Waals surface area contributed by atoms with Gasteiger partial charge in [0.25, 0.3) is 0 Å². The molecule has 6 aromatic rings. The van der Waals surface area contributed by atoms with Crippen molar-refractivity contribution in [1.82, 2.24) is 9.80 Å². The SMILES string of the molecule is C.C.C.COC(=O)[C@@H]1C2CCC(C2)C[C@@H]1OC(=O)c1ccccc1.COC(=O)[C@@H]1C2CCC(C[C@@H]1OC(=O)c1ccccc1)N2C(=O)CS.COC(=O)[C@@H]1C2CCC(C[C@@H]1OC(=O)c1ccccc1)N2C(=O)CSC(c1ccccc1)(c1ccccc1)c1ccccc1. The molecule has 93 heavy (non-hydrogen) atoms. The summed E-state index contributed by atoms with van der Waals surface area (Å²) in [5, 5.41) is 0. The Labute approximate surface area is 557 Å². The fourth-order valence-corrected chi connectivity index (χ4v) is 16.3. The quantitative estimate of drug-likeness (QED) is 0.0415. The molecule has 6 aromatic carbocycles. The van der Waals surface area contributed by atoms with Gasteiger partial charge in [-0.1, -0.05) is 174 Å². The third-order valence-corrected chi connectivity index (χ3v) is 20.5. The third kappa shape index (κ3) is 16.1. The van der Waals surface area contributed by atoms with Crippen molar-refractivity contribution < 1.29 is 66.8 Å². The zero-order valence-corrected chi connectivity index (χ0v) is 52.4. The van der Waals surface area contributed by atoms with Crippen molar-refractivity contribution in [2.45, 2.75) is 134 Å². The van der Waals surface area contributed by atoms with Crippen LogP contribution in [-0.2, 0) is 57.1 Å². The van der Waals surface area contributed by atoms with Crippen LogP contribution in [0.2, 0.25) is 0 Å². The Bertz CT molecular complexity index is 3340. The van der Waals surface area contributed by atoms with E-state index in [1.54, 1.807) is 89.5 Å². The van der Waals surface area contributed by atoms with Gasteiger partial charge in [-0.25, -0.2) is 14.4 Å². The van der Waals surface area contributed by atoms with Crippen LogP contribution in [0.3, 0.4) is 0 Å². The summed E-state index contributed by atoms with van der Waals surface area (Å²) in [7, 11) is 4.05. The van der Waals surface area contributed by atoms with E-state index in [1.807, 2.05) is 77.7 Å². The number of nitrogens with zero attached hydrogens (tertiary/aromatic N) is 2. The number of rotatable bonds is 16. The topological polar surface area (TPSA) is 198 Å². The fraction of sp³-hybridized carbons (Fsp3) is 0.413. The maximum atomic E-state index is 14.3. The molecule has 6 fully saturated rings. The molecule has 4 heterocycles. The molecule has 0 spiro atoms. The minimum absolute atomic E-state index is 0. The van der Waals surface area contributed by atoms with E-state index in [0.29, 0.717) is 54.2 Å². The molecule has 2 aliphatic carbocycles. The zero-order chi connectivity index (χ0) is 63.3. The fourth-order valence-electron chi connectivity index (χ4n) is 14.7. The summed E-state index contributed by atoms with van der Waals surface area (Å²) < 4.78 is 31.7. The van der Waals surface area contributed by atoms with E-state index in [-0.39, 0.29) is 87.7 Å². The Morgan fingerprint density at radius 2 is 0.753 bits per heavy atom. The van der Waals surface area contributed by atoms with Gasteiger partial charge in [0, 0.05) is 37.0 Å². The number of benzene rings is 6. The average molecular weight is 1310 g/mol. The average Bonchev–Trinajstić information content (AvgIpc) is 1.77. The molecule has 18 heteroatoms. The van der Waals surface area contributed by atoms with Gasteiger partial charge in [-0.3, -0.25) is 24.0 Å². The molecule has 6 unspecified atom stereocenters. The van der Waals surface area contributed by atoms with Crippen LogP contribution in [0.25, 0.3) is 0 Å². The van der Waals surface area contributed by atoms with Crippen molar-refractivity contribution in [3.05, 3.63) is 215 Å². The molecule has 2 saturated carbocycles. The summed E-state index contributed by atoms with van der Waals surface area (Å²) in [5.74, 6) is -3.13. The summed E-state index contributed by atoms with van der Waals surface area (Å²) in [6.07, 6.45) is 6.09. The van der Waals surface area contributed by atoms with Crippen LogP contribution >= 0.6 is 24.4 Å². The van der Waals surface area contributed by atoms with E-state index in [2.05, 4.69) is 49.0 Å². The highest BCUT2D eigenvalue weighted by Crippen LogP contribution is 2.51. The van der Waals surface area contributed by atoms with Gasteiger partial charge < -0.3 is 38.2 Å². The standard InChI is InChI=1S/C37H35NO5S.C18H21NO5S.C17H20O4.3CH4/c1-42-36(41)34-31-23-22-30(24-32(34)43-35(40)26-14-6-2-7-15-26)38(31)33(39)25-44-37(27-16-8-3-9-17-27,28-18-10-4-11-19-28)29-20-12-5-13-21-29;1-23-18(22)16-13-8-7-12(19(13)15(20)10-25)9-14(16)24-17(21)11-5-3-2-4-6-11;1-20-17(19)15-13-8-7-11(9-13)10-14(15)21-16(18)12-5-3-2-4-6-12;;;/h2-21,30-32,34H,22-25H2,1H3;2-6,12-14,16,25H,7-10H2,1H3;2-6,11,13-15H,7-10H2,1H3;3*1H4/t30?,31?,32-,34+;12?,13?,14-,16+;11?,13?,14-,15+;;;/m000.../s1. The lowest BCUT2D eigenvalue weighted by Crippen LogP contribution is -2.57. The van der Waals surface area contributed by atoms with Gasteiger partial charge in [-0.05, 0) is 110 Å². The summed E-state index contributed by atoms with van der Waals surface area (Å²) in [4.78, 5) is 105. The summed E-state index contributed by atoms with van der Waals surface area (Å²) in [6, 6.07) is 56.3. The molecule has 0 radical (unpaired) electrons. The van der Waals surface area contributed by atoms with Crippen molar-refractivity contribution in [1.29, 1.82) is 0 Å². The van der Waals surface area contributed by atoms with Gasteiger partial charge in [0.2, 0.25) is 11.8 Å². The predicted molar refractivity (Wildman–Crippen MR) is 361 cm³/mol. The lowest BCUT2D eigenvalue weighted by Gasteiger charge is -2.43.